The molecule has 1 rings (SSSR count). The van der Waals surface area contributed by atoms with Crippen LogP contribution in [-0.4, -0.2) is 18.1 Å². The van der Waals surface area contributed by atoms with Gasteiger partial charge in [-0.25, -0.2) is 0 Å². The van der Waals surface area contributed by atoms with Crippen LogP contribution in [0.15, 0.2) is 0 Å². The number of hydrogen-bond donors (Lipinski definition) is 2. The summed E-state index contributed by atoms with van der Waals surface area (Å²) >= 11 is 0. The first-order valence-corrected chi connectivity index (χ1v) is 6.50. The van der Waals surface area contributed by atoms with E-state index in [9.17, 15) is 0 Å². The minimum atomic E-state index is 0.126. The largest absolute Gasteiger partial charge is 0.329 e. The van der Waals surface area contributed by atoms with Gasteiger partial charge >= 0.3 is 0 Å². The number of hydrogen-bond acceptors (Lipinski definition) is 2. The maximum absolute atomic E-state index is 5.90. The van der Waals surface area contributed by atoms with Crippen molar-refractivity contribution in [3.8, 4) is 12.3 Å². The molecule has 0 aromatic heterocycles. The molecule has 1 fully saturated rings. The van der Waals surface area contributed by atoms with Crippen molar-refractivity contribution in [1.82, 2.24) is 5.32 Å². The molecule has 2 nitrogen and oxygen atoms in total. The van der Waals surface area contributed by atoms with Crippen LogP contribution in [0.4, 0.5) is 0 Å². The lowest BCUT2D eigenvalue weighted by atomic mass is 9.63. The Morgan fingerprint density at radius 1 is 1.50 bits per heavy atom. The van der Waals surface area contributed by atoms with E-state index in [2.05, 4.69) is 32.0 Å². The first-order valence-electron chi connectivity index (χ1n) is 6.50. The van der Waals surface area contributed by atoms with Crippen molar-refractivity contribution in [2.45, 2.75) is 58.0 Å². The van der Waals surface area contributed by atoms with Crippen molar-refractivity contribution in [3.05, 3.63) is 0 Å². The maximum atomic E-state index is 5.90. The Bertz CT molecular complexity index is 246. The smallest absolute Gasteiger partial charge is 0.0691 e. The van der Waals surface area contributed by atoms with Crippen molar-refractivity contribution in [2.75, 3.05) is 6.54 Å². The van der Waals surface area contributed by atoms with E-state index in [1.165, 1.54) is 12.8 Å². The molecule has 0 aromatic rings. The summed E-state index contributed by atoms with van der Waals surface area (Å²) in [6, 6.07) is 0.196. The lowest BCUT2D eigenvalue weighted by Crippen LogP contribution is -2.63. The zero-order chi connectivity index (χ0) is 12.2. The van der Waals surface area contributed by atoms with Crippen LogP contribution in [0.25, 0.3) is 0 Å². The molecule has 0 heterocycles. The number of nitrogens with two attached hydrogens (primary N) is 1. The maximum Gasteiger partial charge on any atom is 0.0691 e. The lowest BCUT2D eigenvalue weighted by molar-refractivity contribution is 0.0705. The molecule has 0 spiro atoms. The van der Waals surface area contributed by atoms with Crippen LogP contribution < -0.4 is 11.1 Å². The Labute approximate surface area is 100 Å². The average Bonchev–Trinajstić information content (AvgIpc) is 2.20. The van der Waals surface area contributed by atoms with E-state index in [0.29, 0.717) is 6.54 Å². The van der Waals surface area contributed by atoms with Gasteiger partial charge in [0.15, 0.2) is 0 Å². The van der Waals surface area contributed by atoms with Crippen molar-refractivity contribution >= 4 is 0 Å². The average molecular weight is 222 g/mol. The Morgan fingerprint density at radius 3 is 2.50 bits per heavy atom. The lowest BCUT2D eigenvalue weighted by Gasteiger charge is -2.50. The molecular weight excluding hydrogens is 196 g/mol. The van der Waals surface area contributed by atoms with Crippen LogP contribution >= 0.6 is 0 Å². The van der Waals surface area contributed by atoms with Crippen LogP contribution in [0.2, 0.25) is 0 Å². The number of nitrogens with one attached hydrogen (secondary N) is 1. The van der Waals surface area contributed by atoms with Gasteiger partial charge in [-0.3, -0.25) is 5.32 Å². The van der Waals surface area contributed by atoms with E-state index < -0.39 is 0 Å². The molecule has 1 atom stereocenters. The Balaban J connectivity index is 2.48. The summed E-state index contributed by atoms with van der Waals surface area (Å²) in [5.41, 5.74) is 6.03. The molecule has 1 aliphatic carbocycles. The normalized spacial score (nSPS) is 30.9. The van der Waals surface area contributed by atoms with Crippen LogP contribution in [0, 0.1) is 24.2 Å². The second-order valence-corrected chi connectivity index (χ2v) is 5.55. The highest BCUT2D eigenvalue weighted by molar-refractivity contribution is 5.09. The summed E-state index contributed by atoms with van der Waals surface area (Å²) in [4.78, 5) is 0. The van der Waals surface area contributed by atoms with Crippen LogP contribution in [0.1, 0.15) is 46.5 Å². The van der Waals surface area contributed by atoms with E-state index in [4.69, 9.17) is 12.2 Å². The van der Waals surface area contributed by atoms with Gasteiger partial charge in [0.2, 0.25) is 0 Å². The molecule has 3 N–H and O–H groups in total. The molecule has 0 saturated heterocycles. The van der Waals surface area contributed by atoms with E-state index in [1.807, 2.05) is 0 Å². The molecule has 1 saturated carbocycles. The van der Waals surface area contributed by atoms with E-state index in [-0.39, 0.29) is 11.6 Å². The van der Waals surface area contributed by atoms with Gasteiger partial charge in [-0.1, -0.05) is 33.1 Å². The van der Waals surface area contributed by atoms with Gasteiger partial charge in [0.1, 0.15) is 0 Å². The minimum Gasteiger partial charge on any atom is -0.329 e. The van der Waals surface area contributed by atoms with E-state index in [0.717, 1.165) is 24.7 Å². The molecule has 1 aliphatic rings. The van der Waals surface area contributed by atoms with Crippen molar-refractivity contribution in [3.63, 3.8) is 0 Å². The predicted octanol–water partition coefficient (Wildman–Crippen LogP) is 2.14. The van der Waals surface area contributed by atoms with Gasteiger partial charge < -0.3 is 5.73 Å². The third-order valence-corrected chi connectivity index (χ3v) is 3.90. The van der Waals surface area contributed by atoms with Gasteiger partial charge in [-0.2, -0.15) is 0 Å². The van der Waals surface area contributed by atoms with E-state index in [1.54, 1.807) is 0 Å². The standard InChI is InChI=1S/C14H26N2/c1-5-7-13(6-2)16-14(10-15)8-12(9-14)11(3)4/h2,11-13,16H,5,7-10,15H2,1,3-4H3. The van der Waals surface area contributed by atoms with Gasteiger partial charge in [-0.15, -0.1) is 6.42 Å². The highest BCUT2D eigenvalue weighted by Gasteiger charge is 2.44. The van der Waals surface area contributed by atoms with Gasteiger partial charge in [0, 0.05) is 12.1 Å². The summed E-state index contributed by atoms with van der Waals surface area (Å²) in [7, 11) is 0. The van der Waals surface area contributed by atoms with Crippen molar-refractivity contribution in [1.29, 1.82) is 0 Å². The SMILES string of the molecule is C#CC(CCC)NC1(CN)CC(C(C)C)C1. The van der Waals surface area contributed by atoms with Crippen molar-refractivity contribution < 1.29 is 0 Å². The molecule has 1 unspecified atom stereocenters. The fourth-order valence-electron chi connectivity index (χ4n) is 2.61. The summed E-state index contributed by atoms with van der Waals surface area (Å²) in [5.74, 6) is 4.42. The summed E-state index contributed by atoms with van der Waals surface area (Å²) in [5, 5.41) is 3.59. The summed E-state index contributed by atoms with van der Waals surface area (Å²) in [6.45, 7) is 7.45. The van der Waals surface area contributed by atoms with Crippen molar-refractivity contribution in [2.24, 2.45) is 17.6 Å². The third kappa shape index (κ3) is 2.99. The quantitative estimate of drug-likeness (QED) is 0.676. The zero-order valence-corrected chi connectivity index (χ0v) is 10.9. The molecule has 16 heavy (non-hydrogen) atoms. The molecule has 2 heteroatoms. The van der Waals surface area contributed by atoms with Gasteiger partial charge in [-0.05, 0) is 31.1 Å². The fourth-order valence-corrected chi connectivity index (χ4v) is 2.61. The van der Waals surface area contributed by atoms with Gasteiger partial charge in [0.25, 0.3) is 0 Å². The second kappa shape index (κ2) is 5.70. The molecule has 0 bridgehead atoms. The summed E-state index contributed by atoms with van der Waals surface area (Å²) in [6.07, 6.45) is 10.1. The molecule has 0 aliphatic heterocycles. The monoisotopic (exact) mass is 222 g/mol. The molecule has 92 valence electrons. The molecular formula is C14H26N2. The number of terminal acetylenes is 1. The number of rotatable bonds is 6. The molecule has 0 aromatic carbocycles. The first-order chi connectivity index (χ1) is 7.56. The van der Waals surface area contributed by atoms with E-state index >= 15 is 0 Å². The first kappa shape index (κ1) is 13.5. The highest BCUT2D eigenvalue weighted by atomic mass is 15.0. The molecule has 0 radical (unpaired) electrons. The zero-order valence-electron chi connectivity index (χ0n) is 10.9. The van der Waals surface area contributed by atoms with Crippen LogP contribution in [-0.2, 0) is 0 Å². The third-order valence-electron chi connectivity index (χ3n) is 3.90. The predicted molar refractivity (Wildman–Crippen MR) is 70.0 cm³/mol. The Kier molecular flexibility index (Phi) is 4.83. The van der Waals surface area contributed by atoms with Gasteiger partial charge in [0.05, 0.1) is 6.04 Å². The highest BCUT2D eigenvalue weighted by Crippen LogP contribution is 2.41. The Morgan fingerprint density at radius 2 is 2.12 bits per heavy atom. The Hall–Kier alpha value is -0.520. The molecule has 0 amide bonds. The topological polar surface area (TPSA) is 38.0 Å². The second-order valence-electron chi connectivity index (χ2n) is 5.55. The van der Waals surface area contributed by atoms with Crippen LogP contribution in [0.5, 0.6) is 0 Å². The summed E-state index contributed by atoms with van der Waals surface area (Å²) < 4.78 is 0. The van der Waals surface area contributed by atoms with Crippen LogP contribution in [0.3, 0.4) is 0 Å². The fraction of sp³-hybridized carbons (Fsp3) is 0.857. The minimum absolute atomic E-state index is 0.126.